The molecule has 0 saturated carbocycles. The molecule has 0 atom stereocenters. The predicted molar refractivity (Wildman–Crippen MR) is 197 cm³/mol. The molecule has 0 radical (unpaired) electrons. The molecule has 50 heavy (non-hydrogen) atoms. The number of aryl methyl sites for hydroxylation is 3. The molecule has 1 amide bonds. The number of fused-ring (bicyclic) bond motifs is 1. The molecule has 2 saturated heterocycles. The van der Waals surface area contributed by atoms with E-state index in [1.54, 1.807) is 16.2 Å². The van der Waals surface area contributed by atoms with Crippen molar-refractivity contribution >= 4 is 32.7 Å². The van der Waals surface area contributed by atoms with Gasteiger partial charge in [0.2, 0.25) is 10.0 Å². The monoisotopic (exact) mass is 704 g/mol. The van der Waals surface area contributed by atoms with Gasteiger partial charge in [0, 0.05) is 81.0 Å². The molecule has 6 rings (SSSR count). The maximum atomic E-state index is 14.0. The Hall–Kier alpha value is -4.20. The fraction of sp³-hybridized carbons (Fsp3) is 0.486. The maximum Gasteiger partial charge on any atom is 0.329 e. The van der Waals surface area contributed by atoms with E-state index in [2.05, 4.69) is 28.2 Å². The minimum atomic E-state index is -3.28. The second-order valence-electron chi connectivity index (χ2n) is 13.7. The van der Waals surface area contributed by atoms with Crippen molar-refractivity contribution in [2.45, 2.75) is 72.0 Å². The quantitative estimate of drug-likeness (QED) is 0.267. The van der Waals surface area contributed by atoms with Crippen LogP contribution in [0.4, 0.5) is 5.69 Å². The molecule has 0 spiro atoms. The number of amides is 1. The first-order valence-corrected chi connectivity index (χ1v) is 19.3. The van der Waals surface area contributed by atoms with Crippen LogP contribution in [0, 0.1) is 20.8 Å². The molecular formula is C37H48N6O6S. The number of benzene rings is 2. The van der Waals surface area contributed by atoms with Gasteiger partial charge in [-0.2, -0.15) is 0 Å². The van der Waals surface area contributed by atoms with Crippen LogP contribution in [0.25, 0.3) is 22.2 Å². The summed E-state index contributed by atoms with van der Waals surface area (Å²) in [4.78, 5) is 45.5. The lowest BCUT2D eigenvalue weighted by atomic mass is 9.95. The zero-order valence-electron chi connectivity index (χ0n) is 29.8. The van der Waals surface area contributed by atoms with Crippen molar-refractivity contribution in [3.63, 3.8) is 0 Å². The van der Waals surface area contributed by atoms with Crippen LogP contribution in [-0.2, 0) is 28.4 Å². The Morgan fingerprint density at radius 3 is 2.32 bits per heavy atom. The number of aromatic nitrogens is 3. The molecule has 2 aromatic carbocycles. The average Bonchev–Trinajstić information content (AvgIpc) is 3.33. The summed E-state index contributed by atoms with van der Waals surface area (Å²) < 4.78 is 34.8. The first-order valence-electron chi connectivity index (χ1n) is 17.4. The van der Waals surface area contributed by atoms with Gasteiger partial charge in [-0.1, -0.05) is 6.07 Å². The second-order valence-corrected chi connectivity index (χ2v) is 15.7. The normalized spacial score (nSPS) is 16.6. The molecule has 0 unspecified atom stereocenters. The summed E-state index contributed by atoms with van der Waals surface area (Å²) in [6.07, 6.45) is 4.11. The molecule has 4 heterocycles. The number of piperidine rings is 1. The van der Waals surface area contributed by atoms with Crippen molar-refractivity contribution in [3.05, 3.63) is 85.2 Å². The van der Waals surface area contributed by atoms with E-state index in [1.807, 2.05) is 51.1 Å². The van der Waals surface area contributed by atoms with Gasteiger partial charge in [-0.3, -0.25) is 18.7 Å². The van der Waals surface area contributed by atoms with Crippen LogP contribution >= 0.6 is 0 Å². The minimum Gasteiger partial charge on any atom is -0.381 e. The number of rotatable bonds is 9. The van der Waals surface area contributed by atoms with Crippen LogP contribution in [-0.4, -0.2) is 77.9 Å². The maximum absolute atomic E-state index is 14.0. The smallest absolute Gasteiger partial charge is 0.329 e. The Bertz CT molecular complexity index is 2150. The summed E-state index contributed by atoms with van der Waals surface area (Å²) in [6.45, 7) is 10.8. The number of nitrogens with zero attached hydrogens (tertiary/aromatic N) is 4. The van der Waals surface area contributed by atoms with E-state index in [1.165, 1.54) is 10.6 Å². The Balaban J connectivity index is 1.40. The third kappa shape index (κ3) is 6.90. The van der Waals surface area contributed by atoms with Gasteiger partial charge in [-0.05, 0) is 106 Å². The zero-order chi connectivity index (χ0) is 35.9. The standard InChI is InChI=1S/C37H48N6O6S/c1-7-42(28-12-16-49-17-13-28)33-21-27(19-30(25(33)4)35(44)38-22-31-23(2)18-24(3)39-36(31)45)26-8-9-32-34(20-26)40(5)37(46)43(32)29-10-14-41(15-11-29)50(6,47)48/h8-9,18-21,28-29H,7,10-17,22H2,1-6H3,(H,38,44)(H,39,45). The SMILES string of the molecule is CCN(c1cc(-c2ccc3c(c2)n(C)c(=O)n3C2CCN(S(C)(=O)=O)CC2)cc(C(=O)NCc2c(C)cc(C)[nH]c2=O)c1C)C1CCOCC1. The summed E-state index contributed by atoms with van der Waals surface area (Å²) >= 11 is 0. The molecule has 2 aliphatic heterocycles. The number of nitrogens with one attached hydrogen (secondary N) is 2. The Morgan fingerprint density at radius 2 is 1.68 bits per heavy atom. The fourth-order valence-corrected chi connectivity index (χ4v) is 8.59. The molecule has 0 aliphatic carbocycles. The van der Waals surface area contributed by atoms with Crippen molar-refractivity contribution in [1.29, 1.82) is 0 Å². The second kappa shape index (κ2) is 14.2. The van der Waals surface area contributed by atoms with Crippen molar-refractivity contribution in [3.8, 4) is 11.1 Å². The number of H-pyrrole nitrogens is 1. The van der Waals surface area contributed by atoms with Crippen LogP contribution in [0.1, 0.15) is 71.4 Å². The van der Waals surface area contributed by atoms with Gasteiger partial charge >= 0.3 is 5.69 Å². The number of carbonyl (C=O) groups is 1. The first-order chi connectivity index (χ1) is 23.8. The molecule has 2 aromatic heterocycles. The van der Waals surface area contributed by atoms with E-state index in [-0.39, 0.29) is 35.8 Å². The number of pyridine rings is 1. The van der Waals surface area contributed by atoms with Gasteiger partial charge in [0.1, 0.15) is 0 Å². The van der Waals surface area contributed by atoms with Gasteiger partial charge in [-0.25, -0.2) is 17.5 Å². The summed E-state index contributed by atoms with van der Waals surface area (Å²) in [7, 11) is -1.52. The van der Waals surface area contributed by atoms with E-state index >= 15 is 0 Å². The number of carbonyl (C=O) groups excluding carboxylic acids is 1. The first kappa shape index (κ1) is 35.6. The third-order valence-electron chi connectivity index (χ3n) is 10.5. The highest BCUT2D eigenvalue weighted by molar-refractivity contribution is 7.88. The number of ether oxygens (including phenoxy) is 1. The summed E-state index contributed by atoms with van der Waals surface area (Å²) in [5.41, 5.74) is 7.36. The highest BCUT2D eigenvalue weighted by Crippen LogP contribution is 2.35. The number of imidazole rings is 1. The van der Waals surface area contributed by atoms with E-state index in [4.69, 9.17) is 4.74 Å². The largest absolute Gasteiger partial charge is 0.381 e. The van der Waals surface area contributed by atoms with E-state index < -0.39 is 10.0 Å². The zero-order valence-corrected chi connectivity index (χ0v) is 30.7. The minimum absolute atomic E-state index is 0.0986. The summed E-state index contributed by atoms with van der Waals surface area (Å²) in [5.74, 6) is -0.270. The molecule has 268 valence electrons. The van der Waals surface area contributed by atoms with Crippen LogP contribution in [0.3, 0.4) is 0 Å². The van der Waals surface area contributed by atoms with Gasteiger partial charge in [-0.15, -0.1) is 0 Å². The predicted octanol–water partition coefficient (Wildman–Crippen LogP) is 4.15. The molecule has 0 bridgehead atoms. The Morgan fingerprint density at radius 1 is 0.980 bits per heavy atom. The molecular weight excluding hydrogens is 657 g/mol. The highest BCUT2D eigenvalue weighted by Gasteiger charge is 2.29. The highest BCUT2D eigenvalue weighted by atomic mass is 32.2. The lowest BCUT2D eigenvalue weighted by Crippen LogP contribution is -2.40. The van der Waals surface area contributed by atoms with Gasteiger partial charge in [0.15, 0.2) is 0 Å². The number of anilines is 1. The molecule has 2 aliphatic rings. The van der Waals surface area contributed by atoms with E-state index in [9.17, 15) is 22.8 Å². The lowest BCUT2D eigenvalue weighted by molar-refractivity contribution is 0.0846. The van der Waals surface area contributed by atoms with Crippen molar-refractivity contribution < 1.29 is 17.9 Å². The molecule has 2 N–H and O–H groups in total. The topological polar surface area (TPSA) is 139 Å². The fourth-order valence-electron chi connectivity index (χ4n) is 7.71. The lowest BCUT2D eigenvalue weighted by Gasteiger charge is -2.37. The summed E-state index contributed by atoms with van der Waals surface area (Å²) in [6, 6.07) is 12.0. The average molecular weight is 705 g/mol. The summed E-state index contributed by atoms with van der Waals surface area (Å²) in [5, 5.41) is 3.01. The van der Waals surface area contributed by atoms with Gasteiger partial charge in [0.05, 0.1) is 17.3 Å². The number of aromatic amines is 1. The number of sulfonamides is 1. The van der Waals surface area contributed by atoms with Crippen LogP contribution in [0.2, 0.25) is 0 Å². The van der Waals surface area contributed by atoms with Crippen molar-refractivity contribution in [1.82, 2.24) is 23.7 Å². The number of hydrogen-bond donors (Lipinski definition) is 2. The van der Waals surface area contributed by atoms with Crippen LogP contribution < -0.4 is 21.5 Å². The molecule has 13 heteroatoms. The Kier molecular flexibility index (Phi) is 10.1. The number of hydrogen-bond acceptors (Lipinski definition) is 7. The van der Waals surface area contributed by atoms with E-state index in [0.29, 0.717) is 50.3 Å². The van der Waals surface area contributed by atoms with Crippen LogP contribution in [0.5, 0.6) is 0 Å². The molecule has 2 fully saturated rings. The van der Waals surface area contributed by atoms with Crippen molar-refractivity contribution in [2.24, 2.45) is 7.05 Å². The Labute approximate surface area is 293 Å². The van der Waals surface area contributed by atoms with Crippen molar-refractivity contribution in [2.75, 3.05) is 44.0 Å². The third-order valence-corrected chi connectivity index (χ3v) is 11.8. The molecule has 4 aromatic rings. The van der Waals surface area contributed by atoms with Gasteiger partial charge in [0.25, 0.3) is 11.5 Å². The van der Waals surface area contributed by atoms with E-state index in [0.717, 1.165) is 64.1 Å². The van der Waals surface area contributed by atoms with Gasteiger partial charge < -0.3 is 19.9 Å². The molecule has 12 nitrogen and oxygen atoms in total. The van der Waals surface area contributed by atoms with Crippen LogP contribution in [0.15, 0.2) is 46.0 Å².